The van der Waals surface area contributed by atoms with Gasteiger partial charge < -0.3 is 20.5 Å². The molecule has 0 aromatic heterocycles. The molecule has 4 atom stereocenters. The minimum atomic E-state index is -0.914. The number of ether oxygens (including phenoxy) is 1. The fourth-order valence-corrected chi connectivity index (χ4v) is 4.61. The second-order valence-electron chi connectivity index (χ2n) is 5.72. The first kappa shape index (κ1) is 14.2. The largest absolute Gasteiger partial charge is 0.480 e. The summed E-state index contributed by atoms with van der Waals surface area (Å²) in [5.41, 5.74) is 5.56. The topological polar surface area (TPSA) is 92.9 Å². The molecule has 2 aliphatic heterocycles. The maximum absolute atomic E-state index is 12.7. The van der Waals surface area contributed by atoms with E-state index in [1.165, 1.54) is 0 Å². The highest BCUT2D eigenvalue weighted by Gasteiger charge is 2.50. The molecule has 1 amide bonds. The average molecular weight is 300 g/mol. The van der Waals surface area contributed by atoms with Gasteiger partial charge in [0.15, 0.2) is 0 Å². The van der Waals surface area contributed by atoms with Gasteiger partial charge in [0.05, 0.1) is 11.5 Å². The number of carbonyl (C=O) groups excluding carboxylic acids is 1. The molecule has 0 bridgehead atoms. The molecule has 2 saturated heterocycles. The van der Waals surface area contributed by atoms with E-state index in [1.54, 1.807) is 16.7 Å². The van der Waals surface area contributed by atoms with Crippen LogP contribution in [0.2, 0.25) is 0 Å². The molecule has 1 saturated carbocycles. The molecule has 2 heterocycles. The van der Waals surface area contributed by atoms with Gasteiger partial charge in [-0.1, -0.05) is 0 Å². The lowest BCUT2D eigenvalue weighted by Crippen LogP contribution is -2.50. The molecule has 3 N–H and O–H groups in total. The highest BCUT2D eigenvalue weighted by molar-refractivity contribution is 8.00. The molecule has 4 unspecified atom stereocenters. The van der Waals surface area contributed by atoms with Gasteiger partial charge in [-0.15, -0.1) is 11.8 Å². The Labute approximate surface area is 122 Å². The number of hydrogen-bond acceptors (Lipinski definition) is 5. The molecular formula is C13H20N2O4S. The number of amides is 1. The fourth-order valence-electron chi connectivity index (χ4n) is 2.97. The number of carboxylic acids is 1. The number of rotatable bonds is 4. The van der Waals surface area contributed by atoms with Gasteiger partial charge in [-0.05, 0) is 31.6 Å². The van der Waals surface area contributed by atoms with E-state index in [-0.39, 0.29) is 17.4 Å². The van der Waals surface area contributed by atoms with E-state index in [4.69, 9.17) is 10.5 Å². The molecule has 1 aliphatic carbocycles. The van der Waals surface area contributed by atoms with Crippen LogP contribution in [0.1, 0.15) is 25.7 Å². The lowest BCUT2D eigenvalue weighted by atomic mass is 10.1. The Hall–Kier alpha value is -0.790. The number of hydrogen-bond donors (Lipinski definition) is 2. The van der Waals surface area contributed by atoms with Crippen molar-refractivity contribution in [2.45, 2.75) is 49.3 Å². The highest BCUT2D eigenvalue weighted by Crippen LogP contribution is 2.46. The van der Waals surface area contributed by atoms with Crippen molar-refractivity contribution in [1.82, 2.24) is 4.90 Å². The van der Waals surface area contributed by atoms with Crippen molar-refractivity contribution in [2.24, 2.45) is 11.7 Å². The van der Waals surface area contributed by atoms with Crippen LogP contribution in [0.3, 0.4) is 0 Å². The van der Waals surface area contributed by atoms with Crippen LogP contribution in [0.5, 0.6) is 0 Å². The predicted octanol–water partition coefficient (Wildman–Crippen LogP) is 0.257. The third kappa shape index (κ3) is 2.54. The Bertz CT molecular complexity index is 415. The predicted molar refractivity (Wildman–Crippen MR) is 74.2 cm³/mol. The smallest absolute Gasteiger partial charge is 0.327 e. The Balaban J connectivity index is 1.73. The van der Waals surface area contributed by atoms with Gasteiger partial charge in [0.25, 0.3) is 5.91 Å². The van der Waals surface area contributed by atoms with E-state index in [0.717, 1.165) is 19.3 Å². The molecule has 3 aliphatic rings. The van der Waals surface area contributed by atoms with Crippen LogP contribution in [-0.4, -0.2) is 57.8 Å². The third-order valence-electron chi connectivity index (χ3n) is 4.25. The first-order valence-corrected chi connectivity index (χ1v) is 8.18. The maximum atomic E-state index is 12.7. The first-order valence-electron chi connectivity index (χ1n) is 7.14. The highest BCUT2D eigenvalue weighted by atomic mass is 32.2. The van der Waals surface area contributed by atoms with Crippen molar-refractivity contribution in [3.05, 3.63) is 0 Å². The molecular weight excluding hydrogens is 280 g/mol. The minimum Gasteiger partial charge on any atom is -0.480 e. The summed E-state index contributed by atoms with van der Waals surface area (Å²) in [5.74, 6) is -0.132. The Morgan fingerprint density at radius 3 is 2.60 bits per heavy atom. The summed E-state index contributed by atoms with van der Waals surface area (Å²) in [7, 11) is 0. The first-order chi connectivity index (χ1) is 9.61. The van der Waals surface area contributed by atoms with Crippen molar-refractivity contribution in [3.63, 3.8) is 0 Å². The summed E-state index contributed by atoms with van der Waals surface area (Å²) in [6, 6.07) is -0.710. The van der Waals surface area contributed by atoms with E-state index in [0.29, 0.717) is 24.6 Å². The summed E-state index contributed by atoms with van der Waals surface area (Å²) in [4.78, 5) is 25.6. The molecule has 0 radical (unpaired) electrons. The van der Waals surface area contributed by atoms with Crippen LogP contribution in [-0.2, 0) is 14.3 Å². The molecule has 3 rings (SSSR count). The van der Waals surface area contributed by atoms with Gasteiger partial charge in [-0.2, -0.15) is 0 Å². The second kappa shape index (κ2) is 5.54. The quantitative estimate of drug-likeness (QED) is 0.773. The lowest BCUT2D eigenvalue weighted by molar-refractivity contribution is -0.154. The van der Waals surface area contributed by atoms with Crippen molar-refractivity contribution >= 4 is 23.6 Å². The molecule has 0 aromatic rings. The zero-order chi connectivity index (χ0) is 14.3. The van der Waals surface area contributed by atoms with Gasteiger partial charge >= 0.3 is 5.97 Å². The molecule has 0 spiro atoms. The molecule has 20 heavy (non-hydrogen) atoms. The Morgan fingerprint density at radius 2 is 2.05 bits per heavy atom. The molecule has 0 aromatic carbocycles. The van der Waals surface area contributed by atoms with E-state index in [2.05, 4.69) is 0 Å². The second-order valence-corrected chi connectivity index (χ2v) is 6.87. The molecule has 7 heteroatoms. The SMILES string of the molecule is NCC1CCC(C(=O)N2C(C(=O)O)CSC2C2CC2)O1. The zero-order valence-electron chi connectivity index (χ0n) is 11.2. The van der Waals surface area contributed by atoms with Crippen molar-refractivity contribution in [3.8, 4) is 0 Å². The van der Waals surface area contributed by atoms with Crippen LogP contribution in [0.15, 0.2) is 0 Å². The van der Waals surface area contributed by atoms with Crippen molar-refractivity contribution in [2.75, 3.05) is 12.3 Å². The van der Waals surface area contributed by atoms with E-state index < -0.39 is 18.1 Å². The monoisotopic (exact) mass is 300 g/mol. The maximum Gasteiger partial charge on any atom is 0.327 e. The Morgan fingerprint density at radius 1 is 1.30 bits per heavy atom. The normalized spacial score (nSPS) is 37.4. The zero-order valence-corrected chi connectivity index (χ0v) is 12.1. The van der Waals surface area contributed by atoms with Crippen LogP contribution < -0.4 is 5.73 Å². The fraction of sp³-hybridized carbons (Fsp3) is 0.846. The van der Waals surface area contributed by atoms with E-state index in [9.17, 15) is 14.7 Å². The van der Waals surface area contributed by atoms with Crippen LogP contribution >= 0.6 is 11.8 Å². The Kier molecular flexibility index (Phi) is 3.92. The molecule has 3 fully saturated rings. The van der Waals surface area contributed by atoms with Gasteiger partial charge in [0, 0.05) is 12.3 Å². The lowest BCUT2D eigenvalue weighted by Gasteiger charge is -2.29. The molecule has 6 nitrogen and oxygen atoms in total. The van der Waals surface area contributed by atoms with E-state index >= 15 is 0 Å². The molecule has 112 valence electrons. The number of carbonyl (C=O) groups is 2. The third-order valence-corrected chi connectivity index (χ3v) is 5.71. The number of carboxylic acid groups (broad SMARTS) is 1. The minimum absolute atomic E-state index is 0.0177. The number of nitrogens with zero attached hydrogens (tertiary/aromatic N) is 1. The van der Waals surface area contributed by atoms with Gasteiger partial charge in [0.2, 0.25) is 0 Å². The summed E-state index contributed by atoms with van der Waals surface area (Å²) >= 11 is 1.60. The van der Waals surface area contributed by atoms with Crippen molar-refractivity contribution in [1.29, 1.82) is 0 Å². The summed E-state index contributed by atoms with van der Waals surface area (Å²) in [5, 5.41) is 9.34. The van der Waals surface area contributed by atoms with Gasteiger partial charge in [0.1, 0.15) is 12.1 Å². The standard InChI is InChI=1S/C13H20N2O4S/c14-5-8-3-4-10(19-8)11(16)15-9(13(17)18)6-20-12(15)7-1-2-7/h7-10,12H,1-6,14H2,(H,17,18). The number of aliphatic carboxylic acids is 1. The summed E-state index contributed by atoms with van der Waals surface area (Å²) in [6.07, 6.45) is 3.02. The average Bonchev–Trinajstić information content (AvgIpc) is 3.02. The van der Waals surface area contributed by atoms with E-state index in [1.807, 2.05) is 0 Å². The van der Waals surface area contributed by atoms with Gasteiger partial charge in [-0.25, -0.2) is 4.79 Å². The van der Waals surface area contributed by atoms with Gasteiger partial charge in [-0.3, -0.25) is 4.79 Å². The summed E-state index contributed by atoms with van der Waals surface area (Å²) < 4.78 is 5.64. The number of nitrogens with two attached hydrogens (primary N) is 1. The van der Waals surface area contributed by atoms with Crippen molar-refractivity contribution < 1.29 is 19.4 Å². The van der Waals surface area contributed by atoms with Crippen LogP contribution in [0, 0.1) is 5.92 Å². The summed E-state index contributed by atoms with van der Waals surface area (Å²) in [6.45, 7) is 0.410. The van der Waals surface area contributed by atoms with Crippen LogP contribution in [0.4, 0.5) is 0 Å². The van der Waals surface area contributed by atoms with Crippen LogP contribution in [0.25, 0.3) is 0 Å². The number of thioether (sulfide) groups is 1.